The van der Waals surface area contributed by atoms with Crippen molar-refractivity contribution < 1.29 is 14.3 Å². The Balaban J connectivity index is 1.19. The zero-order valence-electron chi connectivity index (χ0n) is 20.6. The zero-order chi connectivity index (χ0) is 25.2. The molecule has 0 unspecified atom stereocenters. The van der Waals surface area contributed by atoms with E-state index in [0.717, 1.165) is 66.2 Å². The fraction of sp³-hybridized carbons (Fsp3) is 0.258. The first-order valence-corrected chi connectivity index (χ1v) is 13.2. The van der Waals surface area contributed by atoms with Gasteiger partial charge >= 0.3 is 0 Å². The number of nitrogens with zero attached hydrogens (tertiary/aromatic N) is 2. The van der Waals surface area contributed by atoms with Gasteiger partial charge in [-0.2, -0.15) is 0 Å². The number of aromatic nitrogens is 1. The van der Waals surface area contributed by atoms with Gasteiger partial charge in [0.1, 0.15) is 11.5 Å². The molecule has 4 heterocycles. The second kappa shape index (κ2) is 10.2. The smallest absolute Gasteiger partial charge is 0.226 e. The number of hydrogen-bond donors (Lipinski definition) is 1. The number of piperidine rings is 1. The maximum absolute atomic E-state index is 11.2. The van der Waals surface area contributed by atoms with Gasteiger partial charge in [-0.15, -0.1) is 0 Å². The summed E-state index contributed by atoms with van der Waals surface area (Å²) in [6, 6.07) is 21.6. The summed E-state index contributed by atoms with van der Waals surface area (Å²) in [7, 11) is 0. The molecule has 2 aliphatic heterocycles. The minimum atomic E-state index is -0.783. The molecule has 1 N–H and O–H groups in total. The van der Waals surface area contributed by atoms with Crippen LogP contribution in [0.5, 0.6) is 11.6 Å². The maximum atomic E-state index is 11.2. The number of ether oxygens (including phenoxy) is 1. The first-order chi connectivity index (χ1) is 18.1. The normalized spacial score (nSPS) is 18.1. The lowest BCUT2D eigenvalue weighted by Crippen LogP contribution is -2.42. The Hall–Kier alpha value is -3.38. The summed E-state index contributed by atoms with van der Waals surface area (Å²) in [6.07, 6.45) is 8.86. The van der Waals surface area contributed by atoms with E-state index in [0.29, 0.717) is 23.7 Å². The maximum Gasteiger partial charge on any atom is 0.226 e. The lowest BCUT2D eigenvalue weighted by atomic mass is 9.84. The molecule has 1 fully saturated rings. The highest BCUT2D eigenvalue weighted by atomic mass is 35.5. The van der Waals surface area contributed by atoms with Gasteiger partial charge < -0.3 is 19.2 Å². The van der Waals surface area contributed by atoms with Crippen molar-refractivity contribution in [2.75, 3.05) is 19.6 Å². The van der Waals surface area contributed by atoms with E-state index in [-0.39, 0.29) is 0 Å². The Kier molecular flexibility index (Phi) is 6.59. The number of pyridine rings is 1. The number of allylic oxidation sites excluding steroid dienone is 1. The number of likely N-dealkylation sites (tertiary alicyclic amines) is 1. The molecule has 0 aliphatic carbocycles. The van der Waals surface area contributed by atoms with Crippen LogP contribution in [0.25, 0.3) is 16.9 Å². The first kappa shape index (κ1) is 24.0. The molecule has 0 spiro atoms. The summed E-state index contributed by atoms with van der Waals surface area (Å²) >= 11 is 6.03. The third-order valence-corrected chi connectivity index (χ3v) is 7.76. The zero-order valence-corrected chi connectivity index (χ0v) is 21.3. The van der Waals surface area contributed by atoms with Gasteiger partial charge in [-0.25, -0.2) is 4.98 Å². The highest BCUT2D eigenvalue weighted by Gasteiger charge is 2.33. The second-order valence-corrected chi connectivity index (χ2v) is 10.2. The molecule has 6 rings (SSSR count). The Morgan fingerprint density at radius 2 is 1.78 bits per heavy atom. The molecular formula is C31H29ClN2O3. The van der Waals surface area contributed by atoms with Crippen molar-refractivity contribution in [2.45, 2.75) is 31.3 Å². The molecule has 0 atom stereocenters. The predicted octanol–water partition coefficient (Wildman–Crippen LogP) is 7.10. The summed E-state index contributed by atoms with van der Waals surface area (Å²) in [4.78, 5) is 6.97. The second-order valence-electron chi connectivity index (χ2n) is 9.79. The molecule has 37 heavy (non-hydrogen) atoms. The quantitative estimate of drug-likeness (QED) is 0.309. The van der Waals surface area contributed by atoms with Gasteiger partial charge in [0.25, 0.3) is 0 Å². The average molecular weight is 513 g/mol. The monoisotopic (exact) mass is 512 g/mol. The van der Waals surface area contributed by atoms with Crippen molar-refractivity contribution in [1.29, 1.82) is 0 Å². The van der Waals surface area contributed by atoms with E-state index in [2.05, 4.69) is 28.1 Å². The first-order valence-electron chi connectivity index (χ1n) is 12.8. The third-order valence-electron chi connectivity index (χ3n) is 7.51. The molecule has 2 aliphatic rings. The van der Waals surface area contributed by atoms with Crippen LogP contribution in [0.2, 0.25) is 5.02 Å². The Morgan fingerprint density at radius 3 is 2.57 bits per heavy atom. The molecule has 0 radical (unpaired) electrons. The standard InChI is InChI=1S/C31H29ClN2O3/c32-24-12-10-23(11-13-24)31(35)14-18-34(19-15-31)17-3-5-22-21-27-26(28-9-4-20-36-28)6-1-8-29(27)37-30-25(22)7-2-16-33-30/h1-2,4-13,16,20,35H,3,14-15,17-19,21H2. The minimum Gasteiger partial charge on any atom is -0.464 e. The molecule has 0 bridgehead atoms. The van der Waals surface area contributed by atoms with Gasteiger partial charge in [-0.05, 0) is 72.9 Å². The Bertz CT molecular complexity index is 1400. The third kappa shape index (κ3) is 4.95. The van der Waals surface area contributed by atoms with Crippen LogP contribution in [0.4, 0.5) is 0 Å². The average Bonchev–Trinajstić information content (AvgIpc) is 3.40. The van der Waals surface area contributed by atoms with Crippen LogP contribution in [0.3, 0.4) is 0 Å². The summed E-state index contributed by atoms with van der Waals surface area (Å²) in [5.41, 5.74) is 4.54. The fourth-order valence-electron chi connectivity index (χ4n) is 5.41. The molecule has 6 heteroatoms. The lowest BCUT2D eigenvalue weighted by Gasteiger charge is -2.38. The molecule has 4 aromatic rings. The summed E-state index contributed by atoms with van der Waals surface area (Å²) < 4.78 is 12.0. The van der Waals surface area contributed by atoms with Crippen molar-refractivity contribution in [3.8, 4) is 23.0 Å². The van der Waals surface area contributed by atoms with E-state index in [1.54, 1.807) is 12.5 Å². The van der Waals surface area contributed by atoms with Gasteiger partial charge in [0.2, 0.25) is 5.88 Å². The number of rotatable bonds is 5. The fourth-order valence-corrected chi connectivity index (χ4v) is 5.54. The Morgan fingerprint density at radius 1 is 0.973 bits per heavy atom. The van der Waals surface area contributed by atoms with E-state index < -0.39 is 5.60 Å². The van der Waals surface area contributed by atoms with Crippen LogP contribution in [-0.2, 0) is 12.0 Å². The van der Waals surface area contributed by atoms with E-state index in [4.69, 9.17) is 20.8 Å². The van der Waals surface area contributed by atoms with E-state index >= 15 is 0 Å². The largest absolute Gasteiger partial charge is 0.464 e. The van der Waals surface area contributed by atoms with Crippen LogP contribution in [0.1, 0.15) is 36.0 Å². The SMILES string of the molecule is OC1(c2ccc(Cl)cc2)CCN(CCC=C2Cc3c(cccc3-c3ccco3)Oc3ncccc32)CC1. The van der Waals surface area contributed by atoms with Crippen LogP contribution in [0, 0.1) is 0 Å². The van der Waals surface area contributed by atoms with Crippen LogP contribution >= 0.6 is 11.6 Å². The molecule has 1 saturated heterocycles. The van der Waals surface area contributed by atoms with Gasteiger partial charge in [0, 0.05) is 54.0 Å². The topological polar surface area (TPSA) is 58.7 Å². The van der Waals surface area contributed by atoms with Gasteiger partial charge in [0.15, 0.2) is 0 Å². The summed E-state index contributed by atoms with van der Waals surface area (Å²) in [5, 5.41) is 11.9. The lowest BCUT2D eigenvalue weighted by molar-refractivity contribution is -0.0254. The van der Waals surface area contributed by atoms with Gasteiger partial charge in [-0.1, -0.05) is 41.9 Å². The highest BCUT2D eigenvalue weighted by molar-refractivity contribution is 6.30. The van der Waals surface area contributed by atoms with Crippen molar-refractivity contribution in [3.05, 3.63) is 107 Å². The molecule has 2 aromatic heterocycles. The highest BCUT2D eigenvalue weighted by Crippen LogP contribution is 2.42. The van der Waals surface area contributed by atoms with E-state index in [1.807, 2.05) is 54.6 Å². The van der Waals surface area contributed by atoms with Crippen molar-refractivity contribution >= 4 is 17.2 Å². The van der Waals surface area contributed by atoms with E-state index in [9.17, 15) is 5.11 Å². The number of hydrogen-bond acceptors (Lipinski definition) is 5. The van der Waals surface area contributed by atoms with Crippen molar-refractivity contribution in [1.82, 2.24) is 9.88 Å². The van der Waals surface area contributed by atoms with Crippen LogP contribution in [0.15, 0.2) is 89.7 Å². The van der Waals surface area contributed by atoms with E-state index in [1.165, 1.54) is 5.57 Å². The van der Waals surface area contributed by atoms with Crippen LogP contribution < -0.4 is 4.74 Å². The predicted molar refractivity (Wildman–Crippen MR) is 146 cm³/mol. The minimum absolute atomic E-state index is 0.634. The molecule has 0 amide bonds. The summed E-state index contributed by atoms with van der Waals surface area (Å²) in [6.45, 7) is 2.65. The number of halogens is 1. The number of benzene rings is 2. The molecule has 0 saturated carbocycles. The summed E-state index contributed by atoms with van der Waals surface area (Å²) in [5.74, 6) is 2.28. The number of fused-ring (bicyclic) bond motifs is 2. The van der Waals surface area contributed by atoms with Crippen molar-refractivity contribution in [3.63, 3.8) is 0 Å². The van der Waals surface area contributed by atoms with Gasteiger partial charge in [0.05, 0.1) is 11.9 Å². The number of furan rings is 1. The number of aliphatic hydroxyl groups is 1. The molecule has 2 aromatic carbocycles. The van der Waals surface area contributed by atoms with Gasteiger partial charge in [-0.3, -0.25) is 0 Å². The van der Waals surface area contributed by atoms with Crippen molar-refractivity contribution in [2.24, 2.45) is 0 Å². The van der Waals surface area contributed by atoms with Crippen LogP contribution in [-0.4, -0.2) is 34.6 Å². The molecule has 188 valence electrons. The molecule has 5 nitrogen and oxygen atoms in total. The molecular weight excluding hydrogens is 484 g/mol. The Labute approximate surface area is 222 Å².